The topological polar surface area (TPSA) is 46.5 Å². The highest BCUT2D eigenvalue weighted by molar-refractivity contribution is 5.66. The lowest BCUT2D eigenvalue weighted by Crippen LogP contribution is -2.16. The molecule has 1 atom stereocenters. The molecule has 0 aliphatic carbocycles. The summed E-state index contributed by atoms with van der Waals surface area (Å²) in [5.74, 6) is 0.248. The third-order valence-electron chi connectivity index (χ3n) is 3.32. The van der Waals surface area contributed by atoms with Crippen LogP contribution in [-0.2, 0) is 4.79 Å². The molecule has 0 heterocycles. The molecule has 0 aromatic heterocycles. The Labute approximate surface area is 122 Å². The number of para-hydroxylation sites is 1. The van der Waals surface area contributed by atoms with E-state index in [1.165, 1.54) is 0 Å². The standard InChI is InChI=1S/C17H26O3/c1-2-10-15(20-16-12-7-5-8-13-16)11-6-3-4-9-14-17(18)19/h5,7-8,12-13,15H,2-4,6,9-11,14H2,1H3,(H,18,19). The van der Waals surface area contributed by atoms with E-state index in [0.717, 1.165) is 50.7 Å². The number of rotatable bonds is 11. The van der Waals surface area contributed by atoms with Crippen LogP contribution >= 0.6 is 0 Å². The molecule has 0 saturated carbocycles. The summed E-state index contributed by atoms with van der Waals surface area (Å²) in [6.45, 7) is 2.17. The van der Waals surface area contributed by atoms with Gasteiger partial charge in [-0.05, 0) is 37.8 Å². The first-order valence-electron chi connectivity index (χ1n) is 7.66. The maximum absolute atomic E-state index is 10.4. The summed E-state index contributed by atoms with van der Waals surface area (Å²) in [5, 5.41) is 8.57. The molecular weight excluding hydrogens is 252 g/mol. The summed E-state index contributed by atoms with van der Waals surface area (Å²) in [4.78, 5) is 10.4. The molecule has 3 heteroatoms. The molecule has 0 spiro atoms. The van der Waals surface area contributed by atoms with Gasteiger partial charge in [-0.1, -0.05) is 44.4 Å². The number of aliphatic carboxylic acids is 1. The van der Waals surface area contributed by atoms with Gasteiger partial charge in [-0.2, -0.15) is 0 Å². The normalized spacial score (nSPS) is 12.1. The molecule has 0 saturated heterocycles. The number of hydrogen-bond donors (Lipinski definition) is 1. The second-order valence-corrected chi connectivity index (χ2v) is 5.19. The third-order valence-corrected chi connectivity index (χ3v) is 3.32. The average molecular weight is 278 g/mol. The van der Waals surface area contributed by atoms with Gasteiger partial charge in [0, 0.05) is 6.42 Å². The fraction of sp³-hybridized carbons (Fsp3) is 0.588. The van der Waals surface area contributed by atoms with Crippen molar-refractivity contribution in [2.24, 2.45) is 0 Å². The summed E-state index contributed by atoms with van der Waals surface area (Å²) < 4.78 is 6.01. The van der Waals surface area contributed by atoms with Crippen LogP contribution in [0.1, 0.15) is 58.3 Å². The van der Waals surface area contributed by atoms with Crippen LogP contribution in [0.3, 0.4) is 0 Å². The Hall–Kier alpha value is -1.51. The van der Waals surface area contributed by atoms with Crippen molar-refractivity contribution in [2.45, 2.75) is 64.4 Å². The fourth-order valence-corrected chi connectivity index (χ4v) is 2.28. The van der Waals surface area contributed by atoms with Crippen molar-refractivity contribution < 1.29 is 14.6 Å². The molecule has 0 radical (unpaired) electrons. The van der Waals surface area contributed by atoms with Gasteiger partial charge in [-0.15, -0.1) is 0 Å². The number of unbranched alkanes of at least 4 members (excludes halogenated alkanes) is 3. The minimum Gasteiger partial charge on any atom is -0.490 e. The Balaban J connectivity index is 2.20. The fourth-order valence-electron chi connectivity index (χ4n) is 2.28. The smallest absolute Gasteiger partial charge is 0.303 e. The van der Waals surface area contributed by atoms with Gasteiger partial charge < -0.3 is 9.84 Å². The van der Waals surface area contributed by atoms with E-state index in [4.69, 9.17) is 9.84 Å². The van der Waals surface area contributed by atoms with Crippen molar-refractivity contribution >= 4 is 5.97 Å². The van der Waals surface area contributed by atoms with E-state index in [2.05, 4.69) is 6.92 Å². The van der Waals surface area contributed by atoms with Gasteiger partial charge in [0.1, 0.15) is 5.75 Å². The van der Waals surface area contributed by atoms with E-state index in [9.17, 15) is 4.79 Å². The molecule has 1 aromatic carbocycles. The van der Waals surface area contributed by atoms with E-state index in [1.54, 1.807) is 0 Å². The number of hydrogen-bond acceptors (Lipinski definition) is 2. The molecule has 1 aromatic rings. The van der Waals surface area contributed by atoms with Gasteiger partial charge in [0.25, 0.3) is 0 Å². The summed E-state index contributed by atoms with van der Waals surface area (Å²) in [6, 6.07) is 9.96. The van der Waals surface area contributed by atoms with Crippen molar-refractivity contribution in [3.63, 3.8) is 0 Å². The molecule has 0 aliphatic heterocycles. The van der Waals surface area contributed by atoms with Crippen LogP contribution in [0, 0.1) is 0 Å². The van der Waals surface area contributed by atoms with Crippen LogP contribution in [0.15, 0.2) is 30.3 Å². The molecular formula is C17H26O3. The highest BCUT2D eigenvalue weighted by atomic mass is 16.5. The summed E-state index contributed by atoms with van der Waals surface area (Å²) in [5.41, 5.74) is 0. The summed E-state index contributed by atoms with van der Waals surface area (Å²) in [6.07, 6.45) is 7.80. The van der Waals surface area contributed by atoms with E-state index >= 15 is 0 Å². The molecule has 0 fully saturated rings. The van der Waals surface area contributed by atoms with Crippen molar-refractivity contribution in [3.05, 3.63) is 30.3 Å². The van der Waals surface area contributed by atoms with Crippen molar-refractivity contribution in [1.29, 1.82) is 0 Å². The van der Waals surface area contributed by atoms with Crippen molar-refractivity contribution in [1.82, 2.24) is 0 Å². The summed E-state index contributed by atoms with van der Waals surface area (Å²) in [7, 11) is 0. The monoisotopic (exact) mass is 278 g/mol. The van der Waals surface area contributed by atoms with Crippen LogP contribution in [0.4, 0.5) is 0 Å². The summed E-state index contributed by atoms with van der Waals surface area (Å²) >= 11 is 0. The van der Waals surface area contributed by atoms with E-state index < -0.39 is 5.97 Å². The number of carbonyl (C=O) groups is 1. The van der Waals surface area contributed by atoms with Gasteiger partial charge >= 0.3 is 5.97 Å². The maximum Gasteiger partial charge on any atom is 0.303 e. The lowest BCUT2D eigenvalue weighted by molar-refractivity contribution is -0.137. The first kappa shape index (κ1) is 16.5. The Bertz CT molecular complexity index is 362. The molecule has 1 unspecified atom stereocenters. The van der Waals surface area contributed by atoms with Crippen LogP contribution in [0.2, 0.25) is 0 Å². The predicted octanol–water partition coefficient (Wildman–Crippen LogP) is 4.66. The van der Waals surface area contributed by atoms with Gasteiger partial charge in [-0.3, -0.25) is 4.79 Å². The Morgan fingerprint density at radius 1 is 1.10 bits per heavy atom. The molecule has 0 amide bonds. The lowest BCUT2D eigenvalue weighted by Gasteiger charge is -2.18. The van der Waals surface area contributed by atoms with Crippen molar-refractivity contribution in [2.75, 3.05) is 0 Å². The molecule has 20 heavy (non-hydrogen) atoms. The molecule has 0 bridgehead atoms. The molecule has 1 rings (SSSR count). The average Bonchev–Trinajstić information content (AvgIpc) is 2.43. The SMILES string of the molecule is CCCC(CCCCCCC(=O)O)Oc1ccccc1. The van der Waals surface area contributed by atoms with E-state index in [-0.39, 0.29) is 6.10 Å². The Morgan fingerprint density at radius 2 is 1.80 bits per heavy atom. The number of ether oxygens (including phenoxy) is 1. The van der Waals surface area contributed by atoms with Crippen LogP contribution in [-0.4, -0.2) is 17.2 Å². The van der Waals surface area contributed by atoms with Crippen LogP contribution in [0.25, 0.3) is 0 Å². The second kappa shape index (κ2) is 10.3. The zero-order valence-electron chi connectivity index (χ0n) is 12.4. The van der Waals surface area contributed by atoms with Gasteiger partial charge in [0.05, 0.1) is 6.10 Å². The second-order valence-electron chi connectivity index (χ2n) is 5.19. The zero-order chi connectivity index (χ0) is 14.6. The number of carboxylic acids is 1. The molecule has 3 nitrogen and oxygen atoms in total. The molecule has 112 valence electrons. The van der Waals surface area contributed by atoms with Crippen LogP contribution in [0.5, 0.6) is 5.75 Å². The lowest BCUT2D eigenvalue weighted by atomic mass is 10.0. The highest BCUT2D eigenvalue weighted by Gasteiger charge is 2.09. The number of carboxylic acid groups (broad SMARTS) is 1. The molecule has 0 aliphatic rings. The molecule has 1 N–H and O–H groups in total. The zero-order valence-corrected chi connectivity index (χ0v) is 12.4. The van der Waals surface area contributed by atoms with Gasteiger partial charge in [0.2, 0.25) is 0 Å². The predicted molar refractivity (Wildman–Crippen MR) is 81.1 cm³/mol. The van der Waals surface area contributed by atoms with E-state index in [0.29, 0.717) is 6.42 Å². The van der Waals surface area contributed by atoms with Gasteiger partial charge in [-0.25, -0.2) is 0 Å². The Morgan fingerprint density at radius 3 is 2.45 bits per heavy atom. The minimum atomic E-state index is -0.693. The Kier molecular flexibility index (Phi) is 8.52. The van der Waals surface area contributed by atoms with Gasteiger partial charge in [0.15, 0.2) is 0 Å². The minimum absolute atomic E-state index is 0.280. The first-order chi connectivity index (χ1) is 9.72. The third kappa shape index (κ3) is 7.82. The quantitative estimate of drug-likeness (QED) is 0.599. The highest BCUT2D eigenvalue weighted by Crippen LogP contribution is 2.18. The van der Waals surface area contributed by atoms with Crippen molar-refractivity contribution in [3.8, 4) is 5.75 Å². The van der Waals surface area contributed by atoms with Crippen LogP contribution < -0.4 is 4.74 Å². The largest absolute Gasteiger partial charge is 0.490 e. The number of benzene rings is 1. The van der Waals surface area contributed by atoms with E-state index in [1.807, 2.05) is 30.3 Å². The maximum atomic E-state index is 10.4. The first-order valence-corrected chi connectivity index (χ1v) is 7.66.